The number of halogens is 1. The van der Waals surface area contributed by atoms with Crippen molar-refractivity contribution in [1.29, 1.82) is 5.26 Å². The zero-order chi connectivity index (χ0) is 39.5. The fourth-order valence-corrected chi connectivity index (χ4v) is 8.65. The first-order valence-electron chi connectivity index (χ1n) is 18.9. The number of rotatable bonds is 12. The number of ether oxygens (including phenoxy) is 1. The highest BCUT2D eigenvalue weighted by molar-refractivity contribution is 7.90. The molecule has 7 rings (SSSR count). The van der Waals surface area contributed by atoms with Gasteiger partial charge in [0.2, 0.25) is 0 Å². The second kappa shape index (κ2) is 16.4. The standard InChI is InChI=1S/C43H46ClN7O4S/c1-29-23-36(10-12-39(29)46-17-4-16-45)56(53,54)49-42(52)37-11-9-34(25-40(37)55-35-24-31-14-18-47-41(31)48-27-35)51-21-19-50(20-22-51)28-32-13-15-43(2,3)26-38(32)30-5-7-33(44)8-6-30/h5-12,14,18,23-25,27,46H,4,13,15,17,19-22,26,28H2,1-3H3,(H,47,48)(H,49,52). The second-order valence-corrected chi connectivity index (χ2v) is 17.4. The Labute approximate surface area is 333 Å². The summed E-state index contributed by atoms with van der Waals surface area (Å²) >= 11 is 6.23. The normalized spacial score (nSPS) is 16.1. The minimum Gasteiger partial charge on any atom is -0.455 e. The van der Waals surface area contributed by atoms with Crippen molar-refractivity contribution in [2.75, 3.05) is 49.5 Å². The minimum absolute atomic E-state index is 0.0544. The van der Waals surface area contributed by atoms with E-state index < -0.39 is 15.9 Å². The van der Waals surface area contributed by atoms with Crippen molar-refractivity contribution < 1.29 is 17.9 Å². The molecular weight excluding hydrogens is 746 g/mol. The smallest absolute Gasteiger partial charge is 0.268 e. The number of aromatic nitrogens is 2. The molecule has 2 aliphatic rings. The second-order valence-electron chi connectivity index (χ2n) is 15.3. The molecule has 0 bridgehead atoms. The number of anilines is 2. The molecule has 0 saturated carbocycles. The predicted molar refractivity (Wildman–Crippen MR) is 222 cm³/mol. The number of sulfonamides is 1. The van der Waals surface area contributed by atoms with Gasteiger partial charge in [-0.05, 0) is 103 Å². The molecule has 3 heterocycles. The molecule has 1 aliphatic heterocycles. The summed E-state index contributed by atoms with van der Waals surface area (Å²) in [5.74, 6) is -0.196. The van der Waals surface area contributed by atoms with Crippen LogP contribution in [0.25, 0.3) is 16.6 Å². The van der Waals surface area contributed by atoms with Crippen molar-refractivity contribution in [3.63, 3.8) is 0 Å². The lowest BCUT2D eigenvalue weighted by molar-refractivity contribution is 0.0979. The third-order valence-electron chi connectivity index (χ3n) is 10.6. The molecule has 2 aromatic heterocycles. The largest absolute Gasteiger partial charge is 0.455 e. The number of H-pyrrole nitrogens is 1. The van der Waals surface area contributed by atoms with Gasteiger partial charge in [-0.25, -0.2) is 18.1 Å². The topological polar surface area (TPSA) is 143 Å². The molecule has 3 N–H and O–H groups in total. The Bertz CT molecular complexity index is 2430. The average molecular weight is 792 g/mol. The number of aromatic amines is 1. The summed E-state index contributed by atoms with van der Waals surface area (Å²) in [6.45, 7) is 11.1. The van der Waals surface area contributed by atoms with Gasteiger partial charge in [-0.1, -0.05) is 43.2 Å². The molecule has 1 aliphatic carbocycles. The van der Waals surface area contributed by atoms with Crippen LogP contribution >= 0.6 is 11.6 Å². The minimum atomic E-state index is -4.24. The number of allylic oxidation sites excluding steroid dienone is 1. The van der Waals surface area contributed by atoms with Gasteiger partial charge in [0, 0.05) is 73.3 Å². The SMILES string of the molecule is Cc1cc(S(=O)(=O)NC(=O)c2ccc(N3CCN(CC4=C(c5ccc(Cl)cc5)CC(C)(C)CC4)CC3)cc2Oc2cnc3[nH]ccc3c2)ccc1NCCC#N. The molecule has 1 amide bonds. The van der Waals surface area contributed by atoms with Crippen molar-refractivity contribution in [2.24, 2.45) is 5.41 Å². The number of hydrogen-bond donors (Lipinski definition) is 3. The van der Waals surface area contributed by atoms with Crippen LogP contribution in [0.2, 0.25) is 5.02 Å². The zero-order valence-electron chi connectivity index (χ0n) is 31.9. The van der Waals surface area contributed by atoms with E-state index in [9.17, 15) is 13.2 Å². The molecule has 56 heavy (non-hydrogen) atoms. The first-order valence-corrected chi connectivity index (χ1v) is 20.7. The first-order chi connectivity index (χ1) is 26.9. The first kappa shape index (κ1) is 38.9. The molecule has 0 atom stereocenters. The summed E-state index contributed by atoms with van der Waals surface area (Å²) in [4.78, 5) is 26.0. The van der Waals surface area contributed by atoms with E-state index in [0.717, 1.165) is 68.1 Å². The van der Waals surface area contributed by atoms with Crippen molar-refractivity contribution >= 4 is 55.5 Å². The number of amides is 1. The van der Waals surface area contributed by atoms with E-state index in [1.54, 1.807) is 37.5 Å². The Morgan fingerprint density at radius 1 is 1.04 bits per heavy atom. The average Bonchev–Trinajstić information content (AvgIpc) is 3.65. The lowest BCUT2D eigenvalue weighted by Gasteiger charge is -2.39. The number of piperazine rings is 1. The number of hydrogen-bond acceptors (Lipinski definition) is 9. The van der Waals surface area contributed by atoms with E-state index in [4.69, 9.17) is 21.6 Å². The van der Waals surface area contributed by atoms with Crippen LogP contribution in [0.3, 0.4) is 0 Å². The summed E-state index contributed by atoms with van der Waals surface area (Å²) in [6.07, 6.45) is 6.93. The number of fused-ring (bicyclic) bond motifs is 1. The van der Waals surface area contributed by atoms with Gasteiger partial charge in [0.05, 0.1) is 29.1 Å². The summed E-state index contributed by atoms with van der Waals surface area (Å²) in [6, 6.07) is 23.8. The zero-order valence-corrected chi connectivity index (χ0v) is 33.4. The van der Waals surface area contributed by atoms with Crippen molar-refractivity contribution in [3.05, 3.63) is 112 Å². The molecule has 1 fully saturated rings. The van der Waals surface area contributed by atoms with Gasteiger partial charge in [-0.15, -0.1) is 0 Å². The molecule has 3 aromatic carbocycles. The van der Waals surface area contributed by atoms with Crippen LogP contribution in [0.4, 0.5) is 11.4 Å². The molecule has 0 radical (unpaired) electrons. The van der Waals surface area contributed by atoms with Crippen LogP contribution < -0.4 is 19.7 Å². The van der Waals surface area contributed by atoms with Crippen molar-refractivity contribution in [3.8, 4) is 17.6 Å². The van der Waals surface area contributed by atoms with Crippen LogP contribution in [0.1, 0.15) is 61.0 Å². The Kier molecular flexibility index (Phi) is 11.4. The molecule has 11 nitrogen and oxygen atoms in total. The van der Waals surface area contributed by atoms with Crippen LogP contribution in [0.5, 0.6) is 11.5 Å². The lowest BCUT2D eigenvalue weighted by atomic mass is 9.72. The van der Waals surface area contributed by atoms with Crippen LogP contribution in [-0.2, 0) is 10.0 Å². The van der Waals surface area contributed by atoms with E-state index >= 15 is 0 Å². The monoisotopic (exact) mass is 791 g/mol. The molecule has 0 spiro atoms. The molecule has 290 valence electrons. The van der Waals surface area contributed by atoms with Gasteiger partial charge in [-0.3, -0.25) is 9.69 Å². The van der Waals surface area contributed by atoms with E-state index in [1.165, 1.54) is 28.8 Å². The highest BCUT2D eigenvalue weighted by atomic mass is 35.5. The van der Waals surface area contributed by atoms with Gasteiger partial charge in [-0.2, -0.15) is 5.26 Å². The van der Waals surface area contributed by atoms with Crippen molar-refractivity contribution in [1.82, 2.24) is 19.6 Å². The number of nitrogens with zero attached hydrogens (tertiary/aromatic N) is 4. The Morgan fingerprint density at radius 3 is 2.57 bits per heavy atom. The van der Waals surface area contributed by atoms with E-state index in [0.29, 0.717) is 35.6 Å². The van der Waals surface area contributed by atoms with E-state index in [-0.39, 0.29) is 21.6 Å². The Hall–Kier alpha value is -5.35. The van der Waals surface area contributed by atoms with Crippen molar-refractivity contribution in [2.45, 2.75) is 51.3 Å². The van der Waals surface area contributed by atoms with Crippen LogP contribution in [0.15, 0.2) is 95.7 Å². The number of carbonyl (C=O) groups excluding carboxylic acids is 1. The maximum absolute atomic E-state index is 13.8. The quantitative estimate of drug-likeness (QED) is 0.106. The summed E-state index contributed by atoms with van der Waals surface area (Å²) < 4.78 is 35.5. The van der Waals surface area contributed by atoms with Gasteiger partial charge in [0.1, 0.15) is 17.1 Å². The molecule has 13 heteroatoms. The maximum Gasteiger partial charge on any atom is 0.268 e. The molecular formula is C43H46ClN7O4S. The van der Waals surface area contributed by atoms with E-state index in [2.05, 4.69) is 61.9 Å². The summed E-state index contributed by atoms with van der Waals surface area (Å²) in [7, 11) is -4.24. The van der Waals surface area contributed by atoms with Crippen LogP contribution in [-0.4, -0.2) is 68.5 Å². The molecule has 0 unspecified atom stereocenters. The Morgan fingerprint density at radius 2 is 1.82 bits per heavy atom. The highest BCUT2D eigenvalue weighted by Crippen LogP contribution is 2.43. The number of pyridine rings is 1. The number of benzene rings is 3. The van der Waals surface area contributed by atoms with Crippen LogP contribution in [0, 0.1) is 23.7 Å². The number of nitrogens with one attached hydrogen (secondary N) is 3. The van der Waals surface area contributed by atoms with Gasteiger partial charge >= 0.3 is 0 Å². The lowest BCUT2D eigenvalue weighted by Crippen LogP contribution is -2.47. The molecule has 5 aromatic rings. The molecule has 1 saturated heterocycles. The third kappa shape index (κ3) is 9.02. The fraction of sp³-hybridized carbons (Fsp3) is 0.326. The van der Waals surface area contributed by atoms with E-state index in [1.807, 2.05) is 30.3 Å². The predicted octanol–water partition coefficient (Wildman–Crippen LogP) is 8.55. The van der Waals surface area contributed by atoms with Gasteiger partial charge in [0.15, 0.2) is 0 Å². The maximum atomic E-state index is 13.8. The Balaban J connectivity index is 1.10. The fourth-order valence-electron chi connectivity index (χ4n) is 7.47. The highest BCUT2D eigenvalue weighted by Gasteiger charge is 2.30. The number of nitriles is 1. The summed E-state index contributed by atoms with van der Waals surface area (Å²) in [5, 5.41) is 13.5. The number of aryl methyl sites for hydroxylation is 1. The third-order valence-corrected chi connectivity index (χ3v) is 12.2. The van der Waals surface area contributed by atoms with Gasteiger partial charge < -0.3 is 19.9 Å². The van der Waals surface area contributed by atoms with Gasteiger partial charge in [0.25, 0.3) is 15.9 Å². The number of carbonyl (C=O) groups is 1. The summed E-state index contributed by atoms with van der Waals surface area (Å²) in [5.41, 5.74) is 7.43.